The topological polar surface area (TPSA) is 25.8 Å². The van der Waals surface area contributed by atoms with Gasteiger partial charge in [0.05, 0.1) is 22.0 Å². The van der Waals surface area contributed by atoms with Gasteiger partial charge in [-0.2, -0.15) is 0 Å². The third-order valence-electron chi connectivity index (χ3n) is 13.5. The van der Waals surface area contributed by atoms with Crippen molar-refractivity contribution in [1.29, 1.82) is 0 Å². The maximum atomic E-state index is 5.60. The summed E-state index contributed by atoms with van der Waals surface area (Å²) in [5, 5.41) is 1.06. The van der Waals surface area contributed by atoms with Gasteiger partial charge in [-0.15, -0.1) is 0 Å². The predicted octanol–water partition coefficient (Wildman–Crippen LogP) is 12.9. The molecule has 0 bridgehead atoms. The molecule has 1 aromatic heterocycles. The van der Waals surface area contributed by atoms with Gasteiger partial charge in [0.15, 0.2) is 5.82 Å². The fourth-order valence-corrected chi connectivity index (χ4v) is 11.2. The lowest BCUT2D eigenvalue weighted by molar-refractivity contribution is 0.431. The van der Waals surface area contributed by atoms with E-state index in [1.54, 1.807) is 0 Å². The van der Waals surface area contributed by atoms with Crippen LogP contribution in [-0.4, -0.2) is 9.97 Å². The lowest BCUT2D eigenvalue weighted by Gasteiger charge is -2.52. The van der Waals surface area contributed by atoms with Gasteiger partial charge in [0.2, 0.25) is 0 Å². The van der Waals surface area contributed by atoms with Crippen LogP contribution in [-0.2, 0) is 10.8 Å². The van der Waals surface area contributed by atoms with Crippen LogP contribution in [0.15, 0.2) is 212 Å². The summed E-state index contributed by atoms with van der Waals surface area (Å²) < 4.78 is 0. The molecule has 6 aromatic carbocycles. The Hall–Kier alpha value is -6.90. The molecule has 4 atom stereocenters. The van der Waals surface area contributed by atoms with Crippen molar-refractivity contribution in [3.05, 3.63) is 257 Å². The van der Waals surface area contributed by atoms with Crippen LogP contribution in [0.5, 0.6) is 0 Å². The molecule has 0 fully saturated rings. The normalized spacial score (nSPS) is 23.1. The van der Waals surface area contributed by atoms with Crippen molar-refractivity contribution < 1.29 is 0 Å². The first-order chi connectivity index (χ1) is 28.8. The second kappa shape index (κ2) is 12.8. The van der Waals surface area contributed by atoms with Crippen LogP contribution in [0.2, 0.25) is 0 Å². The zero-order chi connectivity index (χ0) is 38.3. The van der Waals surface area contributed by atoms with E-state index in [0.29, 0.717) is 5.92 Å². The summed E-state index contributed by atoms with van der Waals surface area (Å²) >= 11 is 0. The molecule has 7 aromatic rings. The van der Waals surface area contributed by atoms with Crippen molar-refractivity contribution in [2.75, 3.05) is 0 Å². The third-order valence-corrected chi connectivity index (χ3v) is 13.5. The molecule has 0 saturated carbocycles. The first kappa shape index (κ1) is 33.3. The first-order valence-corrected chi connectivity index (χ1v) is 20.6. The van der Waals surface area contributed by atoms with Gasteiger partial charge in [0, 0.05) is 22.4 Å². The monoisotopic (exact) mass is 740 g/mol. The third kappa shape index (κ3) is 4.49. The highest BCUT2D eigenvalue weighted by atomic mass is 14.9. The van der Waals surface area contributed by atoms with Crippen molar-refractivity contribution in [3.8, 4) is 22.5 Å². The molecule has 5 aliphatic carbocycles. The Labute approximate surface area is 339 Å². The first-order valence-electron chi connectivity index (χ1n) is 20.6. The van der Waals surface area contributed by atoms with Crippen molar-refractivity contribution in [2.45, 2.75) is 23.7 Å². The van der Waals surface area contributed by atoms with Crippen LogP contribution < -0.4 is 0 Å². The fraction of sp³-hybridized carbons (Fsp3) is 0.107. The SMILES string of the molecule is C1=CCC2C=CC(c3nc(-c4ccccc4C4(c5ccccc5)c5ccccc5C5(C6C=CC=CC6)c6ccccc6-c6cccc4c65)nc4ccccc34)=CC2=C1. The Morgan fingerprint density at radius 3 is 2.09 bits per heavy atom. The summed E-state index contributed by atoms with van der Waals surface area (Å²) in [4.78, 5) is 11.0. The van der Waals surface area contributed by atoms with Crippen LogP contribution in [0.25, 0.3) is 39.0 Å². The smallest absolute Gasteiger partial charge is 0.160 e. The van der Waals surface area contributed by atoms with E-state index in [4.69, 9.17) is 9.97 Å². The Balaban J connectivity index is 1.19. The van der Waals surface area contributed by atoms with E-state index in [9.17, 15) is 0 Å². The minimum absolute atomic E-state index is 0.240. The molecule has 12 rings (SSSR count). The molecule has 4 unspecified atom stereocenters. The molecule has 274 valence electrons. The molecule has 58 heavy (non-hydrogen) atoms. The largest absolute Gasteiger partial charge is 0.228 e. The quantitative estimate of drug-likeness (QED) is 0.176. The van der Waals surface area contributed by atoms with Crippen molar-refractivity contribution in [1.82, 2.24) is 9.97 Å². The van der Waals surface area contributed by atoms with E-state index in [1.165, 1.54) is 55.6 Å². The summed E-state index contributed by atoms with van der Waals surface area (Å²) in [7, 11) is 0. The Bertz CT molecular complexity index is 3030. The molecular weight excluding hydrogens is 701 g/mol. The molecular formula is C56H40N2. The molecule has 1 heterocycles. The highest BCUT2D eigenvalue weighted by Crippen LogP contribution is 2.67. The summed E-state index contributed by atoms with van der Waals surface area (Å²) in [6.45, 7) is 0. The maximum absolute atomic E-state index is 5.60. The number of para-hydroxylation sites is 1. The number of benzene rings is 6. The lowest BCUT2D eigenvalue weighted by atomic mass is 9.49. The zero-order valence-corrected chi connectivity index (χ0v) is 32.1. The Morgan fingerprint density at radius 2 is 1.22 bits per heavy atom. The number of rotatable bonds is 5. The average molecular weight is 741 g/mol. The predicted molar refractivity (Wildman–Crippen MR) is 237 cm³/mol. The maximum Gasteiger partial charge on any atom is 0.160 e. The average Bonchev–Trinajstić information content (AvgIpc) is 3.61. The number of nitrogens with zero attached hydrogens (tertiary/aromatic N) is 2. The lowest BCUT2D eigenvalue weighted by Crippen LogP contribution is -2.47. The van der Waals surface area contributed by atoms with Crippen LogP contribution in [0.4, 0.5) is 0 Å². The minimum atomic E-state index is -0.689. The van der Waals surface area contributed by atoms with E-state index >= 15 is 0 Å². The number of hydrogen-bond acceptors (Lipinski definition) is 2. The highest BCUT2D eigenvalue weighted by molar-refractivity contribution is 5.96. The van der Waals surface area contributed by atoms with Gasteiger partial charge in [-0.3, -0.25) is 0 Å². The van der Waals surface area contributed by atoms with Gasteiger partial charge >= 0.3 is 0 Å². The molecule has 2 nitrogen and oxygen atoms in total. The fourth-order valence-electron chi connectivity index (χ4n) is 11.2. The molecule has 0 saturated heterocycles. The molecule has 0 spiro atoms. The van der Waals surface area contributed by atoms with Crippen molar-refractivity contribution in [2.24, 2.45) is 11.8 Å². The molecule has 0 amide bonds. The molecule has 0 aliphatic heterocycles. The summed E-state index contributed by atoms with van der Waals surface area (Å²) in [5.74, 6) is 1.38. The van der Waals surface area contributed by atoms with Gasteiger partial charge in [-0.05, 0) is 86.5 Å². The van der Waals surface area contributed by atoms with E-state index in [-0.39, 0.29) is 11.3 Å². The summed E-state index contributed by atoms with van der Waals surface area (Å²) in [6, 6.07) is 54.2. The van der Waals surface area contributed by atoms with Gasteiger partial charge in [-0.1, -0.05) is 194 Å². The zero-order valence-electron chi connectivity index (χ0n) is 32.1. The molecule has 0 N–H and O–H groups in total. The van der Waals surface area contributed by atoms with Crippen molar-refractivity contribution >= 4 is 16.5 Å². The Kier molecular flexibility index (Phi) is 7.35. The summed E-state index contributed by atoms with van der Waals surface area (Å²) in [6.07, 6.45) is 24.9. The second-order valence-corrected chi connectivity index (χ2v) is 16.3. The van der Waals surface area contributed by atoms with E-state index in [1.807, 2.05) is 0 Å². The van der Waals surface area contributed by atoms with E-state index in [0.717, 1.165) is 46.4 Å². The van der Waals surface area contributed by atoms with Gasteiger partial charge in [0.25, 0.3) is 0 Å². The number of hydrogen-bond donors (Lipinski definition) is 0. The number of allylic oxidation sites excluding steroid dienone is 12. The molecule has 2 heteroatoms. The summed E-state index contributed by atoms with van der Waals surface area (Å²) in [5.41, 5.74) is 16.2. The second-order valence-electron chi connectivity index (χ2n) is 16.3. The van der Waals surface area contributed by atoms with Crippen LogP contribution in [0, 0.1) is 11.8 Å². The van der Waals surface area contributed by atoms with Crippen molar-refractivity contribution in [3.63, 3.8) is 0 Å². The van der Waals surface area contributed by atoms with E-state index < -0.39 is 5.41 Å². The number of fused-ring (bicyclic) bond motifs is 7. The van der Waals surface area contributed by atoms with Gasteiger partial charge in [-0.25, -0.2) is 9.97 Å². The van der Waals surface area contributed by atoms with E-state index in [2.05, 4.69) is 206 Å². The highest BCUT2D eigenvalue weighted by Gasteiger charge is 2.59. The minimum Gasteiger partial charge on any atom is -0.228 e. The standard InChI is InChI=1S/C56H40N2/c1-3-20-40(21-4-1)55(47-29-13-10-25-44(47)54-57-51-33-16-11-26-45(51)53(58-54)39-35-34-37-18-7-8-19-38(37)36-39)48-30-14-15-31-49(48)56(41-22-5-2-6-23-41)46-28-12-9-24-42(46)43-27-17-32-50(55)52(43)56/h1-17,19-22,24-37,41H,18,23H2. The molecule has 5 aliphatic rings. The van der Waals surface area contributed by atoms with Crippen LogP contribution >= 0.6 is 0 Å². The van der Waals surface area contributed by atoms with Crippen LogP contribution in [0.1, 0.15) is 57.5 Å². The number of aromatic nitrogens is 2. The van der Waals surface area contributed by atoms with Gasteiger partial charge < -0.3 is 0 Å². The molecule has 0 radical (unpaired) electrons. The Morgan fingerprint density at radius 1 is 0.517 bits per heavy atom. The van der Waals surface area contributed by atoms with Gasteiger partial charge in [0.1, 0.15) is 0 Å². The van der Waals surface area contributed by atoms with Crippen LogP contribution in [0.3, 0.4) is 0 Å².